The third kappa shape index (κ3) is 6.65. The van der Waals surface area contributed by atoms with Crippen molar-refractivity contribution in [2.45, 2.75) is 12.3 Å². The van der Waals surface area contributed by atoms with Crippen molar-refractivity contribution < 1.29 is 27.3 Å². The Morgan fingerprint density at radius 2 is 1.61 bits per heavy atom. The summed E-state index contributed by atoms with van der Waals surface area (Å²) in [4.78, 5) is 36.9. The molecule has 12 heteroatoms. The predicted octanol–water partition coefficient (Wildman–Crippen LogP) is 4.35. The Balaban J connectivity index is 2.32. The van der Waals surface area contributed by atoms with Crippen LogP contribution in [0.1, 0.15) is 38.1 Å². The van der Waals surface area contributed by atoms with E-state index >= 15 is 4.39 Å². The van der Waals surface area contributed by atoms with E-state index in [2.05, 4.69) is 10.0 Å². The lowest BCUT2D eigenvalue weighted by molar-refractivity contribution is -0.385. The van der Waals surface area contributed by atoms with E-state index in [0.717, 1.165) is 29.5 Å². The highest BCUT2D eigenvalue weighted by molar-refractivity contribution is 7.89. The number of rotatable bonds is 8. The first kappa shape index (κ1) is 28.6. The van der Waals surface area contributed by atoms with Crippen LogP contribution in [0.2, 0.25) is 0 Å². The lowest BCUT2D eigenvalue weighted by Crippen LogP contribution is -2.40. The Morgan fingerprint density at radius 3 is 2.26 bits per heavy atom. The summed E-state index contributed by atoms with van der Waals surface area (Å²) in [5.74, 6) is -3.21. The summed E-state index contributed by atoms with van der Waals surface area (Å²) < 4.78 is 43.1. The van der Waals surface area contributed by atoms with Crippen molar-refractivity contribution in [3.63, 3.8) is 0 Å². The van der Waals surface area contributed by atoms with Gasteiger partial charge in [0.2, 0.25) is 10.0 Å². The fourth-order valence-electron chi connectivity index (χ4n) is 3.81. The highest BCUT2D eigenvalue weighted by Crippen LogP contribution is 2.39. The Bertz CT molecular complexity index is 1520. The summed E-state index contributed by atoms with van der Waals surface area (Å²) in [6.45, 7) is 1.38. The van der Waals surface area contributed by atoms with Gasteiger partial charge >= 0.3 is 0 Å². The van der Waals surface area contributed by atoms with Crippen molar-refractivity contribution in [1.29, 1.82) is 0 Å². The van der Waals surface area contributed by atoms with Crippen LogP contribution in [-0.4, -0.2) is 38.0 Å². The molecule has 2 N–H and O–H groups in total. The molecule has 1 heterocycles. The molecule has 3 rings (SSSR count). The second-order valence-electron chi connectivity index (χ2n) is 8.30. The molecule has 0 saturated heterocycles. The number of nitrogens with zero attached hydrogens (tertiary/aromatic N) is 1. The van der Waals surface area contributed by atoms with Crippen LogP contribution in [0.4, 0.5) is 10.1 Å². The van der Waals surface area contributed by atoms with Gasteiger partial charge in [0.05, 0.1) is 15.6 Å². The first-order valence-corrected chi connectivity index (χ1v) is 13.7. The van der Waals surface area contributed by atoms with Crippen LogP contribution in [0.25, 0.3) is 0 Å². The van der Waals surface area contributed by atoms with Crippen molar-refractivity contribution in [2.24, 2.45) is 0 Å². The molecule has 0 saturated carbocycles. The smallest absolute Gasteiger partial charge is 0.269 e. The van der Waals surface area contributed by atoms with Crippen molar-refractivity contribution in [2.75, 3.05) is 12.8 Å². The number of nitrogens with one attached hydrogen (secondary N) is 2. The number of sulfonamides is 1. The SMILES string of the molecule is CNS(=O)(=O)C[C@](C)(c1cc([N+](=O)[O-])ccc1F)c1ccccccsc1C(=O)NC(=O)c1ccccc1. The normalized spacial score (nSPS) is 12.6. The van der Waals surface area contributed by atoms with Gasteiger partial charge in [0.25, 0.3) is 17.5 Å². The highest BCUT2D eigenvalue weighted by Gasteiger charge is 2.40. The Kier molecular flexibility index (Phi) is 9.04. The molecule has 0 aliphatic rings. The quantitative estimate of drug-likeness (QED) is 0.240. The zero-order valence-corrected chi connectivity index (χ0v) is 22.0. The number of hydrogen-bond acceptors (Lipinski definition) is 7. The number of benzene rings is 2. The summed E-state index contributed by atoms with van der Waals surface area (Å²) >= 11 is 0.896. The van der Waals surface area contributed by atoms with Gasteiger partial charge in [-0.15, -0.1) is 11.3 Å². The lowest BCUT2D eigenvalue weighted by atomic mass is 9.77. The van der Waals surface area contributed by atoms with Gasteiger partial charge in [-0.1, -0.05) is 55.5 Å². The topological polar surface area (TPSA) is 135 Å². The van der Waals surface area contributed by atoms with E-state index in [-0.39, 0.29) is 21.6 Å². The van der Waals surface area contributed by atoms with Gasteiger partial charge < -0.3 is 0 Å². The van der Waals surface area contributed by atoms with E-state index in [0.29, 0.717) is 0 Å². The van der Waals surface area contributed by atoms with Crippen molar-refractivity contribution in [3.8, 4) is 0 Å². The van der Waals surface area contributed by atoms with Crippen LogP contribution in [-0.2, 0) is 15.4 Å². The number of non-ortho nitro benzene ring substituents is 1. The number of carbonyl (C=O) groups is 2. The first-order valence-electron chi connectivity index (χ1n) is 11.2. The molecule has 9 nitrogen and oxygen atoms in total. The largest absolute Gasteiger partial charge is 0.287 e. The zero-order chi connectivity index (χ0) is 27.9. The molecular formula is C26H24FN3O6S2. The maximum Gasteiger partial charge on any atom is 0.269 e. The minimum Gasteiger partial charge on any atom is -0.287 e. The number of hydrogen-bond donors (Lipinski definition) is 2. The first-order chi connectivity index (χ1) is 18.0. The number of nitro benzene ring substituents is 1. The summed E-state index contributed by atoms with van der Waals surface area (Å²) in [5.41, 5.74) is -2.32. The molecule has 0 unspecified atom stereocenters. The number of imide groups is 1. The number of carbonyl (C=O) groups excluding carboxylic acids is 2. The van der Waals surface area contributed by atoms with E-state index in [1.807, 2.05) is 0 Å². The molecule has 2 amide bonds. The van der Waals surface area contributed by atoms with Gasteiger partial charge in [0.15, 0.2) is 0 Å². The van der Waals surface area contributed by atoms with Gasteiger partial charge in [0.1, 0.15) is 5.82 Å². The molecule has 0 radical (unpaired) electrons. The summed E-state index contributed by atoms with van der Waals surface area (Å²) in [5, 5.41) is 15.3. The van der Waals surface area contributed by atoms with Gasteiger partial charge in [-0.05, 0) is 36.2 Å². The Hall–Kier alpha value is -4.00. The Labute approximate surface area is 222 Å². The van der Waals surface area contributed by atoms with E-state index in [1.165, 1.54) is 38.2 Å². The Morgan fingerprint density at radius 1 is 0.974 bits per heavy atom. The van der Waals surface area contributed by atoms with Crippen LogP contribution in [0.15, 0.2) is 84.2 Å². The van der Waals surface area contributed by atoms with Crippen LogP contribution in [0.5, 0.6) is 0 Å². The molecular weight excluding hydrogens is 533 g/mol. The monoisotopic (exact) mass is 557 g/mol. The third-order valence-electron chi connectivity index (χ3n) is 5.71. The van der Waals surface area contributed by atoms with Gasteiger partial charge in [-0.25, -0.2) is 17.5 Å². The summed E-state index contributed by atoms with van der Waals surface area (Å²) in [6, 6.07) is 18.6. The molecule has 0 bridgehead atoms. The van der Waals surface area contributed by atoms with Crippen molar-refractivity contribution in [1.82, 2.24) is 10.0 Å². The van der Waals surface area contributed by atoms with Gasteiger partial charge in [0, 0.05) is 28.7 Å². The molecule has 1 aromatic heterocycles. The average molecular weight is 558 g/mol. The van der Waals surface area contributed by atoms with Crippen LogP contribution >= 0.6 is 11.3 Å². The molecule has 0 spiro atoms. The van der Waals surface area contributed by atoms with Gasteiger partial charge in [-0.2, -0.15) is 0 Å². The fourth-order valence-corrected chi connectivity index (χ4v) is 5.91. The molecule has 198 valence electrons. The molecule has 2 aromatic carbocycles. The van der Waals surface area contributed by atoms with Crippen LogP contribution < -0.4 is 10.0 Å². The molecule has 0 aliphatic heterocycles. The average Bonchev–Trinajstić information content (AvgIpc) is 3.01. The van der Waals surface area contributed by atoms with Crippen molar-refractivity contribution >= 4 is 38.9 Å². The number of halogens is 1. The number of nitro groups is 1. The fraction of sp³-hybridized carbons (Fsp3) is 0.154. The van der Waals surface area contributed by atoms with Gasteiger partial charge in [-0.3, -0.25) is 25.0 Å². The van der Waals surface area contributed by atoms with E-state index < -0.39 is 49.4 Å². The van der Waals surface area contributed by atoms with E-state index in [1.54, 1.807) is 41.8 Å². The molecule has 1 atom stereocenters. The summed E-state index contributed by atoms with van der Waals surface area (Å²) in [7, 11) is -2.89. The third-order valence-corrected chi connectivity index (χ3v) is 8.23. The van der Waals surface area contributed by atoms with Crippen LogP contribution in [0, 0.1) is 15.9 Å². The predicted molar refractivity (Wildman–Crippen MR) is 143 cm³/mol. The second-order valence-corrected chi connectivity index (χ2v) is 11.1. The highest BCUT2D eigenvalue weighted by atomic mass is 32.2. The minimum absolute atomic E-state index is 0.0373. The molecule has 0 fully saturated rings. The maximum atomic E-state index is 15.3. The zero-order valence-electron chi connectivity index (χ0n) is 20.4. The minimum atomic E-state index is -4.07. The van der Waals surface area contributed by atoms with E-state index in [9.17, 15) is 28.1 Å². The molecule has 38 heavy (non-hydrogen) atoms. The van der Waals surface area contributed by atoms with E-state index in [4.69, 9.17) is 0 Å². The van der Waals surface area contributed by atoms with Crippen LogP contribution in [0.3, 0.4) is 0 Å². The lowest BCUT2D eigenvalue weighted by Gasteiger charge is -2.31. The second kappa shape index (κ2) is 12.0. The summed E-state index contributed by atoms with van der Waals surface area (Å²) in [6.07, 6.45) is 0. The number of amides is 2. The molecule has 0 aliphatic carbocycles. The maximum absolute atomic E-state index is 15.3. The standard InChI is InChI=1S/C26H24FN3O6S2/c1-26(17-38(35,36)28-2,21-16-19(30(33)34)13-14-22(21)27)20-12-8-3-4-9-15-37-23(20)25(32)29-24(31)18-10-6-5-7-11-18/h3-16,28H,17H2,1-2H3,(H,29,31,32)/t26-/m0/s1. The van der Waals surface area contributed by atoms with Crippen molar-refractivity contribution in [3.05, 3.63) is 122 Å². The molecule has 3 aromatic rings.